The van der Waals surface area contributed by atoms with Gasteiger partial charge < -0.3 is 5.73 Å². The van der Waals surface area contributed by atoms with Gasteiger partial charge in [0.25, 0.3) is 9.84 Å². The Labute approximate surface area is 102 Å². The molecule has 0 saturated heterocycles. The van der Waals surface area contributed by atoms with Crippen LogP contribution in [0.2, 0.25) is 0 Å². The number of alkyl halides is 3. The molecule has 1 aromatic heterocycles. The Kier molecular flexibility index (Phi) is 4.99. The van der Waals surface area contributed by atoms with Crippen LogP contribution in [0.5, 0.6) is 0 Å². The third-order valence-corrected chi connectivity index (χ3v) is 3.14. The van der Waals surface area contributed by atoms with E-state index in [2.05, 4.69) is 5.10 Å². The van der Waals surface area contributed by atoms with Crippen LogP contribution in [-0.4, -0.2) is 29.7 Å². The standard InChI is InChI=1S/C7H10F3N3O2S.ClH/c1-5(11)3-13-4-6(2-12-13)16(14,15)7(8,9)10;/h2,4-5H,3,11H2,1H3;1H/t5-;/m1./s1. The van der Waals surface area contributed by atoms with Gasteiger partial charge in [-0.15, -0.1) is 12.4 Å². The molecule has 1 atom stereocenters. The smallest absolute Gasteiger partial charge is 0.326 e. The van der Waals surface area contributed by atoms with Crippen molar-refractivity contribution in [3.8, 4) is 0 Å². The van der Waals surface area contributed by atoms with E-state index in [1.807, 2.05) is 0 Å². The fourth-order valence-electron chi connectivity index (χ4n) is 1.01. The van der Waals surface area contributed by atoms with Crippen LogP contribution in [0.4, 0.5) is 13.2 Å². The van der Waals surface area contributed by atoms with Crippen LogP contribution in [0.15, 0.2) is 17.3 Å². The quantitative estimate of drug-likeness (QED) is 0.900. The molecule has 5 nitrogen and oxygen atoms in total. The average Bonchev–Trinajstić information content (AvgIpc) is 2.49. The third-order valence-electron chi connectivity index (χ3n) is 1.70. The number of sulfone groups is 1. The van der Waals surface area contributed by atoms with E-state index in [0.29, 0.717) is 6.20 Å². The van der Waals surface area contributed by atoms with E-state index in [-0.39, 0.29) is 25.0 Å². The van der Waals surface area contributed by atoms with Crippen LogP contribution in [0.3, 0.4) is 0 Å². The molecule has 17 heavy (non-hydrogen) atoms. The molecule has 0 saturated carbocycles. The zero-order valence-corrected chi connectivity index (χ0v) is 10.3. The molecule has 1 heterocycles. The largest absolute Gasteiger partial charge is 0.502 e. The van der Waals surface area contributed by atoms with Gasteiger partial charge in [0.05, 0.1) is 12.7 Å². The maximum absolute atomic E-state index is 12.1. The average molecular weight is 294 g/mol. The number of hydrogen-bond acceptors (Lipinski definition) is 4. The molecule has 0 aliphatic carbocycles. The normalized spacial score (nSPS) is 14.2. The van der Waals surface area contributed by atoms with Crippen molar-refractivity contribution in [2.45, 2.75) is 29.9 Å². The first-order chi connectivity index (χ1) is 7.14. The monoisotopic (exact) mass is 293 g/mol. The van der Waals surface area contributed by atoms with Crippen LogP contribution in [-0.2, 0) is 16.4 Å². The number of nitrogens with two attached hydrogens (primary N) is 1. The van der Waals surface area contributed by atoms with Gasteiger partial charge >= 0.3 is 5.51 Å². The summed E-state index contributed by atoms with van der Waals surface area (Å²) < 4.78 is 59.4. The maximum atomic E-state index is 12.1. The molecule has 0 aliphatic rings. The minimum Gasteiger partial charge on any atom is -0.326 e. The molecule has 0 fully saturated rings. The Hall–Kier alpha value is -0.800. The second-order valence-electron chi connectivity index (χ2n) is 3.32. The Morgan fingerprint density at radius 1 is 1.53 bits per heavy atom. The van der Waals surface area contributed by atoms with E-state index in [4.69, 9.17) is 5.73 Å². The van der Waals surface area contributed by atoms with Gasteiger partial charge in [-0.3, -0.25) is 4.68 Å². The van der Waals surface area contributed by atoms with Crippen molar-refractivity contribution in [2.24, 2.45) is 5.73 Å². The SMILES string of the molecule is C[C@@H](N)Cn1cc(S(=O)(=O)C(F)(F)F)cn1.Cl. The number of nitrogens with zero attached hydrogens (tertiary/aromatic N) is 2. The van der Waals surface area contributed by atoms with E-state index in [1.54, 1.807) is 6.92 Å². The summed E-state index contributed by atoms with van der Waals surface area (Å²) in [5, 5.41) is 3.49. The topological polar surface area (TPSA) is 78.0 Å². The lowest BCUT2D eigenvalue weighted by molar-refractivity contribution is -0.0436. The highest BCUT2D eigenvalue weighted by Crippen LogP contribution is 2.29. The van der Waals surface area contributed by atoms with Gasteiger partial charge in [0.1, 0.15) is 4.90 Å². The Bertz CT molecular complexity index is 469. The summed E-state index contributed by atoms with van der Waals surface area (Å²) in [7, 11) is -5.32. The highest BCUT2D eigenvalue weighted by Gasteiger charge is 2.47. The van der Waals surface area contributed by atoms with Crippen molar-refractivity contribution in [1.29, 1.82) is 0 Å². The van der Waals surface area contributed by atoms with Crippen molar-refractivity contribution in [3.05, 3.63) is 12.4 Å². The van der Waals surface area contributed by atoms with Gasteiger partial charge in [0, 0.05) is 12.2 Å². The molecule has 10 heteroatoms. The summed E-state index contributed by atoms with van der Waals surface area (Å²) in [5.41, 5.74) is 0.0857. The highest BCUT2D eigenvalue weighted by molar-refractivity contribution is 7.92. The van der Waals surface area contributed by atoms with Crippen molar-refractivity contribution < 1.29 is 21.6 Å². The predicted octanol–water partition coefficient (Wildman–Crippen LogP) is 0.946. The molecule has 0 unspecified atom stereocenters. The molecule has 0 aliphatic heterocycles. The Morgan fingerprint density at radius 3 is 2.47 bits per heavy atom. The minimum atomic E-state index is -5.32. The van der Waals surface area contributed by atoms with E-state index in [9.17, 15) is 21.6 Å². The van der Waals surface area contributed by atoms with Crippen LogP contribution in [0, 0.1) is 0 Å². The fraction of sp³-hybridized carbons (Fsp3) is 0.571. The number of rotatable bonds is 3. The lowest BCUT2D eigenvalue weighted by Gasteiger charge is -2.05. The van der Waals surface area contributed by atoms with Gasteiger partial charge in [-0.25, -0.2) is 8.42 Å². The van der Waals surface area contributed by atoms with Crippen LogP contribution in [0.25, 0.3) is 0 Å². The maximum Gasteiger partial charge on any atom is 0.502 e. The Morgan fingerprint density at radius 2 is 2.06 bits per heavy atom. The Balaban J connectivity index is 0.00000256. The molecule has 0 aromatic carbocycles. The number of hydrogen-bond donors (Lipinski definition) is 1. The van der Waals surface area contributed by atoms with E-state index in [0.717, 1.165) is 10.9 Å². The summed E-state index contributed by atoms with van der Waals surface area (Å²) in [6.45, 7) is 1.77. The summed E-state index contributed by atoms with van der Waals surface area (Å²) in [5.74, 6) is 0. The zero-order chi connectivity index (χ0) is 12.6. The lowest BCUT2D eigenvalue weighted by Crippen LogP contribution is -2.23. The second-order valence-corrected chi connectivity index (χ2v) is 5.27. The third kappa shape index (κ3) is 3.58. The molecular weight excluding hydrogens is 283 g/mol. The van der Waals surface area contributed by atoms with Gasteiger partial charge in [0.15, 0.2) is 0 Å². The van der Waals surface area contributed by atoms with Crippen LogP contribution < -0.4 is 5.73 Å². The van der Waals surface area contributed by atoms with Gasteiger partial charge in [-0.1, -0.05) is 0 Å². The minimum absolute atomic E-state index is 0. The summed E-state index contributed by atoms with van der Waals surface area (Å²) >= 11 is 0. The van der Waals surface area contributed by atoms with Gasteiger partial charge in [-0.05, 0) is 6.92 Å². The molecule has 2 N–H and O–H groups in total. The van der Waals surface area contributed by atoms with Crippen molar-refractivity contribution >= 4 is 22.2 Å². The van der Waals surface area contributed by atoms with Gasteiger partial charge in [-0.2, -0.15) is 18.3 Å². The number of aromatic nitrogens is 2. The molecule has 0 radical (unpaired) electrons. The first-order valence-corrected chi connectivity index (χ1v) is 5.72. The number of halogens is 4. The van der Waals surface area contributed by atoms with Gasteiger partial charge in [0.2, 0.25) is 0 Å². The molecule has 0 amide bonds. The zero-order valence-electron chi connectivity index (χ0n) is 8.68. The van der Waals surface area contributed by atoms with Crippen LogP contribution >= 0.6 is 12.4 Å². The molecule has 1 aromatic rings. The fourth-order valence-corrected chi connectivity index (χ4v) is 1.73. The molecule has 0 spiro atoms. The molecule has 100 valence electrons. The summed E-state index contributed by atoms with van der Waals surface area (Å²) in [6.07, 6.45) is 1.47. The summed E-state index contributed by atoms with van der Waals surface area (Å²) in [4.78, 5) is -0.874. The van der Waals surface area contributed by atoms with Crippen molar-refractivity contribution in [3.63, 3.8) is 0 Å². The lowest BCUT2D eigenvalue weighted by atomic mass is 10.4. The second kappa shape index (κ2) is 5.23. The van der Waals surface area contributed by atoms with E-state index in [1.165, 1.54) is 0 Å². The highest BCUT2D eigenvalue weighted by atomic mass is 35.5. The summed E-state index contributed by atoms with van der Waals surface area (Å²) in [6, 6.07) is -0.332. The molecule has 0 bridgehead atoms. The van der Waals surface area contributed by atoms with E-state index < -0.39 is 20.2 Å². The predicted molar refractivity (Wildman–Crippen MR) is 56.4 cm³/mol. The molecule has 1 rings (SSSR count). The van der Waals surface area contributed by atoms with Crippen LogP contribution in [0.1, 0.15) is 6.92 Å². The van der Waals surface area contributed by atoms with Crippen molar-refractivity contribution in [1.82, 2.24) is 9.78 Å². The first kappa shape index (κ1) is 16.2. The molecular formula is C7H11ClF3N3O2S. The first-order valence-electron chi connectivity index (χ1n) is 4.24. The van der Waals surface area contributed by atoms with Crippen molar-refractivity contribution in [2.75, 3.05) is 0 Å². The van der Waals surface area contributed by atoms with E-state index >= 15 is 0 Å².